The normalized spacial score (nSPS) is 9.35. The Bertz CT molecular complexity index is 417. The maximum absolute atomic E-state index is 5.22. The van der Waals surface area contributed by atoms with Crippen LogP contribution in [-0.2, 0) is 6.54 Å². The lowest BCUT2D eigenvalue weighted by molar-refractivity contribution is 0.475. The standard InChI is InChI=1S/C10H11N3O.C3H8.H2/c1-8-12-13-10(14-8)7-11-9-5-3-2-4-6-9;1-3-2;/h2-6,11H,7H2,1H3;3H2,1-2H3;1H. The maximum atomic E-state index is 5.22. The van der Waals surface area contributed by atoms with E-state index in [1.54, 1.807) is 6.92 Å². The Kier molecular flexibility index (Phi) is 5.79. The van der Waals surface area contributed by atoms with E-state index in [2.05, 4.69) is 29.4 Å². The quantitative estimate of drug-likeness (QED) is 0.882. The molecule has 4 heteroatoms. The maximum Gasteiger partial charge on any atom is 0.235 e. The lowest BCUT2D eigenvalue weighted by atomic mass is 10.3. The summed E-state index contributed by atoms with van der Waals surface area (Å²) < 4.78 is 5.22. The van der Waals surface area contributed by atoms with Gasteiger partial charge in [0.15, 0.2) is 0 Å². The van der Waals surface area contributed by atoms with Crippen LogP contribution in [0.4, 0.5) is 5.69 Å². The number of para-hydroxylation sites is 1. The number of nitrogens with zero attached hydrogens (tertiary/aromatic N) is 2. The van der Waals surface area contributed by atoms with Gasteiger partial charge >= 0.3 is 0 Å². The molecule has 94 valence electrons. The fraction of sp³-hybridized carbons (Fsp3) is 0.385. The smallest absolute Gasteiger partial charge is 0.235 e. The van der Waals surface area contributed by atoms with Crippen molar-refractivity contribution in [3.05, 3.63) is 42.1 Å². The highest BCUT2D eigenvalue weighted by Gasteiger charge is 2.00. The molecule has 0 bridgehead atoms. The van der Waals surface area contributed by atoms with Gasteiger partial charge in [-0.25, -0.2) is 0 Å². The van der Waals surface area contributed by atoms with E-state index >= 15 is 0 Å². The summed E-state index contributed by atoms with van der Waals surface area (Å²) in [4.78, 5) is 0. The summed E-state index contributed by atoms with van der Waals surface area (Å²) in [6.07, 6.45) is 1.25. The van der Waals surface area contributed by atoms with Gasteiger partial charge in [-0.05, 0) is 12.1 Å². The fourth-order valence-electron chi connectivity index (χ4n) is 1.14. The summed E-state index contributed by atoms with van der Waals surface area (Å²) in [5, 5.41) is 10.8. The number of aromatic nitrogens is 2. The van der Waals surface area contributed by atoms with Crippen molar-refractivity contribution in [1.82, 2.24) is 10.2 Å². The molecule has 17 heavy (non-hydrogen) atoms. The molecule has 0 aliphatic heterocycles. The third kappa shape index (κ3) is 5.15. The molecule has 1 aromatic carbocycles. The van der Waals surface area contributed by atoms with Crippen LogP contribution in [0.15, 0.2) is 34.7 Å². The van der Waals surface area contributed by atoms with Crippen LogP contribution in [0.3, 0.4) is 0 Å². The topological polar surface area (TPSA) is 51.0 Å². The van der Waals surface area contributed by atoms with Crippen molar-refractivity contribution < 1.29 is 5.84 Å². The van der Waals surface area contributed by atoms with Gasteiger partial charge in [0, 0.05) is 14.0 Å². The van der Waals surface area contributed by atoms with Crippen molar-refractivity contribution in [3.8, 4) is 0 Å². The summed E-state index contributed by atoms with van der Waals surface area (Å²) in [5.74, 6) is 1.20. The zero-order valence-electron chi connectivity index (χ0n) is 10.6. The van der Waals surface area contributed by atoms with E-state index < -0.39 is 0 Å². The molecule has 1 heterocycles. The van der Waals surface area contributed by atoms with Crippen LogP contribution in [0, 0.1) is 6.92 Å². The molecule has 4 nitrogen and oxygen atoms in total. The van der Waals surface area contributed by atoms with Gasteiger partial charge in [0.05, 0.1) is 6.54 Å². The van der Waals surface area contributed by atoms with Gasteiger partial charge in [0.25, 0.3) is 0 Å². The summed E-state index contributed by atoms with van der Waals surface area (Å²) in [5.41, 5.74) is 1.04. The van der Waals surface area contributed by atoms with Gasteiger partial charge in [0.2, 0.25) is 11.8 Å². The second-order valence-corrected chi connectivity index (χ2v) is 3.64. The molecule has 0 saturated carbocycles. The number of aryl methyl sites for hydroxylation is 1. The van der Waals surface area contributed by atoms with Gasteiger partial charge in [-0.1, -0.05) is 38.5 Å². The van der Waals surface area contributed by atoms with Gasteiger partial charge in [-0.15, -0.1) is 10.2 Å². The van der Waals surface area contributed by atoms with E-state index in [-0.39, 0.29) is 1.43 Å². The molecule has 0 atom stereocenters. The Morgan fingerprint density at radius 1 is 1.18 bits per heavy atom. The third-order valence-electron chi connectivity index (χ3n) is 1.79. The van der Waals surface area contributed by atoms with Crippen LogP contribution in [-0.4, -0.2) is 10.2 Å². The lowest BCUT2D eigenvalue weighted by Gasteiger charge is -2.01. The predicted molar refractivity (Wildman–Crippen MR) is 70.9 cm³/mol. The molecule has 0 spiro atoms. The highest BCUT2D eigenvalue weighted by Crippen LogP contribution is 2.07. The van der Waals surface area contributed by atoms with Crippen molar-refractivity contribution in [2.24, 2.45) is 0 Å². The lowest BCUT2D eigenvalue weighted by Crippen LogP contribution is -1.99. The van der Waals surface area contributed by atoms with Crippen molar-refractivity contribution in [2.75, 3.05) is 5.32 Å². The second-order valence-electron chi connectivity index (χ2n) is 3.64. The summed E-state index contributed by atoms with van der Waals surface area (Å²) in [7, 11) is 0. The molecule has 0 radical (unpaired) electrons. The SMILES string of the molecule is CCC.Cc1nnc(CNc2ccccc2)o1.[HH]. The van der Waals surface area contributed by atoms with Gasteiger partial charge in [0.1, 0.15) is 0 Å². The van der Waals surface area contributed by atoms with E-state index in [1.165, 1.54) is 6.42 Å². The number of hydrogen-bond donors (Lipinski definition) is 1. The van der Waals surface area contributed by atoms with Gasteiger partial charge < -0.3 is 9.73 Å². The van der Waals surface area contributed by atoms with Crippen molar-refractivity contribution in [3.63, 3.8) is 0 Å². The van der Waals surface area contributed by atoms with Crippen molar-refractivity contribution in [1.29, 1.82) is 0 Å². The summed E-state index contributed by atoms with van der Waals surface area (Å²) >= 11 is 0. The fourth-order valence-corrected chi connectivity index (χ4v) is 1.14. The van der Waals surface area contributed by atoms with Crippen LogP contribution in [0.25, 0.3) is 0 Å². The zero-order valence-corrected chi connectivity index (χ0v) is 10.6. The van der Waals surface area contributed by atoms with Crippen LogP contribution < -0.4 is 5.32 Å². The Morgan fingerprint density at radius 3 is 2.35 bits per heavy atom. The minimum atomic E-state index is 0. The summed E-state index contributed by atoms with van der Waals surface area (Å²) in [6, 6.07) is 9.90. The van der Waals surface area contributed by atoms with Gasteiger partial charge in [-0.3, -0.25) is 0 Å². The monoisotopic (exact) mass is 235 g/mol. The molecule has 0 saturated heterocycles. The van der Waals surface area contributed by atoms with E-state index in [0.717, 1.165) is 5.69 Å². The number of nitrogens with one attached hydrogen (secondary N) is 1. The largest absolute Gasteiger partial charge is 0.424 e. The Labute approximate surface area is 104 Å². The Balaban J connectivity index is 0.000000660. The highest BCUT2D eigenvalue weighted by molar-refractivity contribution is 5.42. The molecule has 2 rings (SSSR count). The van der Waals surface area contributed by atoms with Crippen molar-refractivity contribution in [2.45, 2.75) is 33.7 Å². The van der Waals surface area contributed by atoms with E-state index in [1.807, 2.05) is 30.3 Å². The Morgan fingerprint density at radius 2 is 1.82 bits per heavy atom. The minimum absolute atomic E-state index is 0. The number of anilines is 1. The first-order valence-corrected chi connectivity index (χ1v) is 5.84. The third-order valence-corrected chi connectivity index (χ3v) is 1.79. The molecule has 0 unspecified atom stereocenters. The van der Waals surface area contributed by atoms with Gasteiger partial charge in [-0.2, -0.15) is 0 Å². The summed E-state index contributed by atoms with van der Waals surface area (Å²) in [6.45, 7) is 6.59. The van der Waals surface area contributed by atoms with E-state index in [9.17, 15) is 0 Å². The molecule has 0 amide bonds. The number of hydrogen-bond acceptors (Lipinski definition) is 4. The molecule has 2 aromatic rings. The average Bonchev–Trinajstić information content (AvgIpc) is 2.75. The van der Waals surface area contributed by atoms with Crippen LogP contribution in [0.1, 0.15) is 33.5 Å². The number of benzene rings is 1. The Hall–Kier alpha value is -1.84. The molecular weight excluding hydrogens is 214 g/mol. The van der Waals surface area contributed by atoms with Crippen LogP contribution in [0.2, 0.25) is 0 Å². The minimum Gasteiger partial charge on any atom is -0.424 e. The molecule has 0 aliphatic carbocycles. The number of rotatable bonds is 3. The highest BCUT2D eigenvalue weighted by atomic mass is 16.4. The second kappa shape index (κ2) is 7.44. The molecule has 0 aliphatic rings. The van der Waals surface area contributed by atoms with Crippen molar-refractivity contribution >= 4 is 5.69 Å². The van der Waals surface area contributed by atoms with E-state index in [4.69, 9.17) is 4.42 Å². The molecule has 1 N–H and O–H groups in total. The van der Waals surface area contributed by atoms with Crippen LogP contribution in [0.5, 0.6) is 0 Å². The molecule has 1 aromatic heterocycles. The van der Waals surface area contributed by atoms with Crippen LogP contribution >= 0.6 is 0 Å². The average molecular weight is 235 g/mol. The first kappa shape index (κ1) is 13.2. The zero-order chi connectivity index (χ0) is 12.5. The first-order valence-electron chi connectivity index (χ1n) is 5.84. The predicted octanol–water partition coefficient (Wildman–Crippen LogP) is 3.65. The first-order chi connectivity index (χ1) is 8.26. The molecule has 0 fully saturated rings. The van der Waals surface area contributed by atoms with E-state index in [0.29, 0.717) is 18.3 Å². The molecular formula is C13H21N3O.